The number of aryl methyl sites for hydroxylation is 1. The number of hydrogen-bond acceptors (Lipinski definition) is 5. The molecule has 0 saturated carbocycles. The van der Waals surface area contributed by atoms with Gasteiger partial charge in [0.05, 0.1) is 25.5 Å². The molecule has 0 fully saturated rings. The highest BCUT2D eigenvalue weighted by atomic mass is 16.5. The van der Waals surface area contributed by atoms with E-state index in [0.29, 0.717) is 28.5 Å². The maximum Gasteiger partial charge on any atom is 0.255 e. The molecule has 0 spiro atoms. The lowest BCUT2D eigenvalue weighted by molar-refractivity contribution is 0.0951. The zero-order valence-electron chi connectivity index (χ0n) is 17.6. The highest BCUT2D eigenvalue weighted by Gasteiger charge is 2.21. The summed E-state index contributed by atoms with van der Waals surface area (Å²) in [5.41, 5.74) is 2.55. The van der Waals surface area contributed by atoms with Crippen molar-refractivity contribution in [2.24, 2.45) is 0 Å². The average Bonchev–Trinajstić information content (AvgIpc) is 3.44. The maximum atomic E-state index is 13.1. The minimum Gasteiger partial charge on any atom is -0.497 e. The van der Waals surface area contributed by atoms with Gasteiger partial charge in [-0.25, -0.2) is 4.68 Å². The molecule has 0 aliphatic carbocycles. The fourth-order valence-corrected chi connectivity index (χ4v) is 3.29. The molecule has 7 nitrogen and oxygen atoms in total. The van der Waals surface area contributed by atoms with Crippen LogP contribution in [0.1, 0.15) is 21.7 Å². The Kier molecular flexibility index (Phi) is 5.75. The summed E-state index contributed by atoms with van der Waals surface area (Å²) in [5.74, 6) is 2.38. The van der Waals surface area contributed by atoms with Crippen molar-refractivity contribution < 1.29 is 18.7 Å². The van der Waals surface area contributed by atoms with E-state index in [-0.39, 0.29) is 12.5 Å². The smallest absolute Gasteiger partial charge is 0.255 e. The summed E-state index contributed by atoms with van der Waals surface area (Å²) in [6, 6.07) is 18.7. The van der Waals surface area contributed by atoms with Gasteiger partial charge < -0.3 is 19.2 Å². The third-order valence-electron chi connectivity index (χ3n) is 4.88. The van der Waals surface area contributed by atoms with E-state index in [1.807, 2.05) is 67.6 Å². The van der Waals surface area contributed by atoms with Crippen LogP contribution in [0.5, 0.6) is 11.5 Å². The maximum absolute atomic E-state index is 13.1. The van der Waals surface area contributed by atoms with Crippen molar-refractivity contribution in [1.82, 2.24) is 15.1 Å². The van der Waals surface area contributed by atoms with E-state index >= 15 is 0 Å². The van der Waals surface area contributed by atoms with Crippen molar-refractivity contribution in [3.8, 4) is 28.6 Å². The van der Waals surface area contributed by atoms with Crippen molar-refractivity contribution >= 4 is 5.91 Å². The molecule has 4 aromatic rings. The van der Waals surface area contributed by atoms with E-state index in [4.69, 9.17) is 13.9 Å². The lowest BCUT2D eigenvalue weighted by Gasteiger charge is -2.11. The van der Waals surface area contributed by atoms with Crippen LogP contribution in [0.2, 0.25) is 0 Å². The molecular weight excluding hydrogens is 394 g/mol. The van der Waals surface area contributed by atoms with E-state index in [0.717, 1.165) is 17.0 Å². The Labute approximate surface area is 180 Å². The van der Waals surface area contributed by atoms with Crippen LogP contribution in [0.15, 0.2) is 71.3 Å². The van der Waals surface area contributed by atoms with Crippen molar-refractivity contribution in [2.45, 2.75) is 13.5 Å². The Morgan fingerprint density at radius 2 is 1.87 bits per heavy atom. The van der Waals surface area contributed by atoms with Gasteiger partial charge in [-0.1, -0.05) is 18.2 Å². The third kappa shape index (κ3) is 4.30. The number of methoxy groups -OCH3 is 2. The number of nitrogens with one attached hydrogen (secondary N) is 1. The Bertz CT molecular complexity index is 1190. The van der Waals surface area contributed by atoms with E-state index in [9.17, 15) is 4.79 Å². The largest absolute Gasteiger partial charge is 0.497 e. The molecule has 2 aromatic carbocycles. The van der Waals surface area contributed by atoms with Gasteiger partial charge in [-0.2, -0.15) is 5.10 Å². The van der Waals surface area contributed by atoms with Gasteiger partial charge in [-0.15, -0.1) is 0 Å². The van der Waals surface area contributed by atoms with Crippen LogP contribution in [0.4, 0.5) is 0 Å². The van der Waals surface area contributed by atoms with Crippen LogP contribution in [0, 0.1) is 6.92 Å². The van der Waals surface area contributed by atoms with Crippen LogP contribution in [0.3, 0.4) is 0 Å². The van der Waals surface area contributed by atoms with Crippen LogP contribution in [-0.2, 0) is 6.54 Å². The van der Waals surface area contributed by atoms with Crippen molar-refractivity contribution in [3.63, 3.8) is 0 Å². The molecule has 7 heteroatoms. The summed E-state index contributed by atoms with van der Waals surface area (Å²) < 4.78 is 18.1. The van der Waals surface area contributed by atoms with Gasteiger partial charge in [0.25, 0.3) is 5.91 Å². The SMILES string of the molecule is COc1ccc(OC)c(CNC(=O)c2cn(-c3ccccc3)nc2-c2ccc(C)o2)c1. The second kappa shape index (κ2) is 8.79. The van der Waals surface area contributed by atoms with Gasteiger partial charge in [0.2, 0.25) is 0 Å². The van der Waals surface area contributed by atoms with E-state index in [2.05, 4.69) is 10.4 Å². The number of hydrogen-bond donors (Lipinski definition) is 1. The molecule has 2 heterocycles. The number of furan rings is 1. The molecule has 0 aliphatic rings. The first kappa shape index (κ1) is 20.3. The molecular formula is C24H23N3O4. The lowest BCUT2D eigenvalue weighted by Crippen LogP contribution is -2.23. The summed E-state index contributed by atoms with van der Waals surface area (Å²) in [4.78, 5) is 13.1. The second-order valence-corrected chi connectivity index (χ2v) is 6.94. The molecule has 0 atom stereocenters. The minimum atomic E-state index is -0.267. The summed E-state index contributed by atoms with van der Waals surface area (Å²) in [7, 11) is 3.19. The Balaban J connectivity index is 1.65. The molecule has 158 valence electrons. The molecule has 4 rings (SSSR count). The number of benzene rings is 2. The predicted molar refractivity (Wildman–Crippen MR) is 117 cm³/mol. The van der Waals surface area contributed by atoms with Crippen LogP contribution in [0.25, 0.3) is 17.1 Å². The van der Waals surface area contributed by atoms with Gasteiger partial charge in [-0.3, -0.25) is 4.79 Å². The number of carbonyl (C=O) groups excluding carboxylic acids is 1. The molecule has 0 radical (unpaired) electrons. The molecule has 0 aliphatic heterocycles. The minimum absolute atomic E-state index is 0.267. The first-order chi connectivity index (χ1) is 15.1. The quantitative estimate of drug-likeness (QED) is 0.483. The molecule has 2 aromatic heterocycles. The fourth-order valence-electron chi connectivity index (χ4n) is 3.29. The number of aromatic nitrogens is 2. The average molecular weight is 417 g/mol. The van der Waals surface area contributed by atoms with Gasteiger partial charge in [-0.05, 0) is 49.4 Å². The highest BCUT2D eigenvalue weighted by Crippen LogP contribution is 2.27. The first-order valence-corrected chi connectivity index (χ1v) is 9.80. The molecule has 31 heavy (non-hydrogen) atoms. The molecule has 0 bridgehead atoms. The summed E-state index contributed by atoms with van der Waals surface area (Å²) in [6.07, 6.45) is 1.71. The Hall–Kier alpha value is -4.00. The number of ether oxygens (including phenoxy) is 2. The van der Waals surface area contributed by atoms with Gasteiger partial charge in [0.15, 0.2) is 5.76 Å². The molecule has 0 unspecified atom stereocenters. The Morgan fingerprint density at radius 1 is 1.06 bits per heavy atom. The Morgan fingerprint density at radius 3 is 2.55 bits per heavy atom. The zero-order chi connectivity index (χ0) is 21.8. The van der Waals surface area contributed by atoms with E-state index < -0.39 is 0 Å². The summed E-state index contributed by atoms with van der Waals surface area (Å²) in [5, 5.41) is 7.57. The van der Waals surface area contributed by atoms with Crippen LogP contribution < -0.4 is 14.8 Å². The van der Waals surface area contributed by atoms with Crippen molar-refractivity contribution in [2.75, 3.05) is 14.2 Å². The summed E-state index contributed by atoms with van der Waals surface area (Å²) in [6.45, 7) is 2.12. The third-order valence-corrected chi connectivity index (χ3v) is 4.88. The van der Waals surface area contributed by atoms with Crippen LogP contribution >= 0.6 is 0 Å². The number of para-hydroxylation sites is 1. The topological polar surface area (TPSA) is 78.5 Å². The molecule has 1 N–H and O–H groups in total. The fraction of sp³-hybridized carbons (Fsp3) is 0.167. The van der Waals surface area contributed by atoms with Crippen molar-refractivity contribution in [1.29, 1.82) is 0 Å². The monoisotopic (exact) mass is 417 g/mol. The van der Waals surface area contributed by atoms with E-state index in [1.54, 1.807) is 25.1 Å². The number of carbonyl (C=O) groups is 1. The number of rotatable bonds is 7. The highest BCUT2D eigenvalue weighted by molar-refractivity contribution is 5.99. The summed E-state index contributed by atoms with van der Waals surface area (Å²) >= 11 is 0. The second-order valence-electron chi connectivity index (χ2n) is 6.94. The lowest BCUT2D eigenvalue weighted by atomic mass is 10.1. The van der Waals surface area contributed by atoms with Crippen molar-refractivity contribution in [3.05, 3.63) is 83.7 Å². The molecule has 0 saturated heterocycles. The first-order valence-electron chi connectivity index (χ1n) is 9.80. The van der Waals surface area contributed by atoms with E-state index in [1.165, 1.54) is 0 Å². The number of nitrogens with zero attached hydrogens (tertiary/aromatic N) is 2. The molecule has 1 amide bonds. The van der Waals surface area contributed by atoms with Gasteiger partial charge in [0.1, 0.15) is 23.0 Å². The zero-order valence-corrected chi connectivity index (χ0v) is 17.6. The normalized spacial score (nSPS) is 10.7. The van der Waals surface area contributed by atoms with Gasteiger partial charge in [0, 0.05) is 18.3 Å². The van der Waals surface area contributed by atoms with Gasteiger partial charge >= 0.3 is 0 Å². The number of amides is 1. The van der Waals surface area contributed by atoms with Crippen LogP contribution in [-0.4, -0.2) is 29.9 Å². The standard InChI is InChI=1S/C24H23N3O4/c1-16-9-11-22(31-16)23-20(15-27(26-23)18-7-5-4-6-8-18)24(28)25-14-17-13-19(29-2)10-12-21(17)30-3/h4-13,15H,14H2,1-3H3,(H,25,28). The predicted octanol–water partition coefficient (Wildman–Crippen LogP) is 4.39.